The molecule has 178 valence electrons. The fourth-order valence-corrected chi connectivity index (χ4v) is 3.59. The minimum atomic E-state index is -0.937. The van der Waals surface area contributed by atoms with Gasteiger partial charge in [0.15, 0.2) is 0 Å². The second kappa shape index (κ2) is 10.9. The fraction of sp³-hybridized carbons (Fsp3) is 0.433. The molecule has 2 aromatic rings. The maximum absolute atomic E-state index is 10.9. The number of rotatable bonds is 8. The maximum Gasteiger partial charge on any atom is 0.328 e. The van der Waals surface area contributed by atoms with Crippen molar-refractivity contribution < 1.29 is 14.6 Å². The summed E-state index contributed by atoms with van der Waals surface area (Å²) in [5.41, 5.74) is 6.37. The summed E-state index contributed by atoms with van der Waals surface area (Å²) in [7, 11) is 0. The molecule has 1 N–H and O–H groups in total. The second-order valence-electron chi connectivity index (χ2n) is 10.8. The molecular weight excluding hydrogens is 408 g/mol. The summed E-state index contributed by atoms with van der Waals surface area (Å²) in [4.78, 5) is 10.9. The lowest BCUT2D eigenvalue weighted by atomic mass is 9.78. The Morgan fingerprint density at radius 1 is 1.03 bits per heavy atom. The summed E-state index contributed by atoms with van der Waals surface area (Å²) in [6.45, 7) is 18.1. The van der Waals surface area contributed by atoms with Gasteiger partial charge in [0.05, 0.1) is 6.61 Å². The van der Waals surface area contributed by atoms with E-state index in [1.165, 1.54) is 17.2 Å². The van der Waals surface area contributed by atoms with Crippen molar-refractivity contribution in [3.8, 4) is 16.9 Å². The Kier molecular flexibility index (Phi) is 8.71. The third kappa shape index (κ3) is 7.63. The van der Waals surface area contributed by atoms with Crippen LogP contribution in [-0.4, -0.2) is 17.7 Å². The first kappa shape index (κ1) is 26.4. The lowest BCUT2D eigenvalue weighted by Crippen LogP contribution is -2.19. The summed E-state index contributed by atoms with van der Waals surface area (Å²) in [5.74, 6) is 0.0282. The third-order valence-electron chi connectivity index (χ3n) is 5.59. The molecule has 0 heterocycles. The molecule has 0 unspecified atom stereocenters. The molecule has 0 amide bonds. The van der Waals surface area contributed by atoms with Crippen LogP contribution < -0.4 is 4.74 Å². The normalized spacial score (nSPS) is 12.9. The molecule has 0 spiro atoms. The van der Waals surface area contributed by atoms with Gasteiger partial charge in [0.25, 0.3) is 0 Å². The van der Waals surface area contributed by atoms with E-state index in [2.05, 4.69) is 72.7 Å². The Balaban J connectivity index is 2.68. The summed E-state index contributed by atoms with van der Waals surface area (Å²) in [6.07, 6.45) is 7.10. The van der Waals surface area contributed by atoms with Gasteiger partial charge in [-0.05, 0) is 58.6 Å². The number of carboxylic acids is 1. The number of allylic oxidation sites excluding steroid dienone is 2. The van der Waals surface area contributed by atoms with Gasteiger partial charge in [-0.1, -0.05) is 91.3 Å². The number of hydrogen-bond donors (Lipinski definition) is 1. The van der Waals surface area contributed by atoms with Crippen LogP contribution in [0.1, 0.15) is 84.9 Å². The molecule has 2 aromatic carbocycles. The molecule has 0 bridgehead atoms. The molecule has 2 rings (SSSR count). The summed E-state index contributed by atoms with van der Waals surface area (Å²) < 4.78 is 6.45. The molecule has 0 saturated carbocycles. The van der Waals surface area contributed by atoms with Crippen LogP contribution in [0.4, 0.5) is 0 Å². The van der Waals surface area contributed by atoms with E-state index >= 15 is 0 Å². The standard InChI is InChI=1S/C30H40O3/c1-9-10-16-33-28-25(19-24(29(3,4)5)20-26(28)30(6,7)8)23-13-11-12-22(18-23)15-14-21(2)17-27(31)32/h11-15,17-20H,9-10,16H2,1-8H3,(H,31,32)/b15-14+,21-17+. The van der Waals surface area contributed by atoms with E-state index in [0.29, 0.717) is 12.2 Å². The average molecular weight is 449 g/mol. The number of carboxylic acid groups (broad SMARTS) is 1. The van der Waals surface area contributed by atoms with Crippen LogP contribution in [0.2, 0.25) is 0 Å². The Morgan fingerprint density at radius 2 is 1.73 bits per heavy atom. The van der Waals surface area contributed by atoms with Crippen molar-refractivity contribution in [2.24, 2.45) is 0 Å². The molecule has 0 aliphatic rings. The van der Waals surface area contributed by atoms with Gasteiger partial charge in [-0.15, -0.1) is 0 Å². The predicted molar refractivity (Wildman–Crippen MR) is 140 cm³/mol. The first-order valence-electron chi connectivity index (χ1n) is 11.8. The van der Waals surface area contributed by atoms with Gasteiger partial charge in [-0.25, -0.2) is 4.79 Å². The van der Waals surface area contributed by atoms with Gasteiger partial charge in [0.2, 0.25) is 0 Å². The number of carbonyl (C=O) groups is 1. The molecule has 33 heavy (non-hydrogen) atoms. The Labute approximate surface area is 200 Å². The van der Waals surface area contributed by atoms with Crippen molar-refractivity contribution in [3.05, 3.63) is 70.8 Å². The molecule has 0 atom stereocenters. The zero-order chi connectivity index (χ0) is 24.8. The van der Waals surface area contributed by atoms with Crippen LogP contribution in [0.3, 0.4) is 0 Å². The third-order valence-corrected chi connectivity index (χ3v) is 5.59. The van der Waals surface area contributed by atoms with Crippen LogP contribution >= 0.6 is 0 Å². The van der Waals surface area contributed by atoms with Crippen LogP contribution in [0.5, 0.6) is 5.75 Å². The van der Waals surface area contributed by atoms with E-state index in [4.69, 9.17) is 9.84 Å². The van der Waals surface area contributed by atoms with E-state index in [1.54, 1.807) is 6.92 Å². The Morgan fingerprint density at radius 3 is 2.30 bits per heavy atom. The van der Waals surface area contributed by atoms with Gasteiger partial charge in [0.1, 0.15) is 5.75 Å². The molecule has 3 heteroatoms. The van der Waals surface area contributed by atoms with Crippen LogP contribution in [-0.2, 0) is 15.6 Å². The molecule has 3 nitrogen and oxygen atoms in total. The molecule has 0 saturated heterocycles. The number of aliphatic carboxylic acids is 1. The number of hydrogen-bond acceptors (Lipinski definition) is 2. The van der Waals surface area contributed by atoms with Crippen LogP contribution in [0.25, 0.3) is 17.2 Å². The quantitative estimate of drug-likeness (QED) is 0.252. The van der Waals surface area contributed by atoms with E-state index in [-0.39, 0.29) is 10.8 Å². The first-order valence-corrected chi connectivity index (χ1v) is 11.8. The van der Waals surface area contributed by atoms with Gasteiger partial charge in [-0.3, -0.25) is 0 Å². The van der Waals surface area contributed by atoms with E-state index in [0.717, 1.165) is 35.3 Å². The predicted octanol–water partition coefficient (Wildman–Crippen LogP) is 8.17. The Hall–Kier alpha value is -2.81. The van der Waals surface area contributed by atoms with Gasteiger partial charge in [0, 0.05) is 17.2 Å². The first-order chi connectivity index (χ1) is 15.3. The topological polar surface area (TPSA) is 46.5 Å². The van der Waals surface area contributed by atoms with Crippen LogP contribution in [0.15, 0.2) is 54.1 Å². The largest absolute Gasteiger partial charge is 0.493 e. The lowest BCUT2D eigenvalue weighted by Gasteiger charge is -2.29. The van der Waals surface area contributed by atoms with Gasteiger partial charge >= 0.3 is 5.97 Å². The van der Waals surface area contributed by atoms with Crippen molar-refractivity contribution in [1.82, 2.24) is 0 Å². The molecule has 0 aliphatic carbocycles. The highest BCUT2D eigenvalue weighted by Gasteiger charge is 2.26. The van der Waals surface area contributed by atoms with Gasteiger partial charge < -0.3 is 9.84 Å². The highest BCUT2D eigenvalue weighted by Crippen LogP contribution is 2.43. The SMILES string of the molecule is CCCCOc1c(-c2cccc(/C=C/C(C)=C/C(=O)O)c2)cc(C(C)(C)C)cc1C(C)(C)C. The lowest BCUT2D eigenvalue weighted by molar-refractivity contribution is -0.131. The monoisotopic (exact) mass is 448 g/mol. The second-order valence-corrected chi connectivity index (χ2v) is 10.8. The van der Waals surface area contributed by atoms with Crippen molar-refractivity contribution in [2.75, 3.05) is 6.61 Å². The highest BCUT2D eigenvalue weighted by molar-refractivity contribution is 5.81. The van der Waals surface area contributed by atoms with E-state index in [9.17, 15) is 4.79 Å². The molecule has 0 aliphatic heterocycles. The minimum absolute atomic E-state index is 0.00690. The van der Waals surface area contributed by atoms with Gasteiger partial charge in [-0.2, -0.15) is 0 Å². The number of ether oxygens (including phenoxy) is 1. The fourth-order valence-electron chi connectivity index (χ4n) is 3.59. The van der Waals surface area contributed by atoms with E-state index < -0.39 is 5.97 Å². The minimum Gasteiger partial charge on any atom is -0.493 e. The number of benzene rings is 2. The van der Waals surface area contributed by atoms with Crippen molar-refractivity contribution in [3.63, 3.8) is 0 Å². The zero-order valence-corrected chi connectivity index (χ0v) is 21.6. The van der Waals surface area contributed by atoms with E-state index in [1.807, 2.05) is 24.3 Å². The molecule has 0 radical (unpaired) electrons. The number of unbranched alkanes of at least 4 members (excludes halogenated alkanes) is 1. The molecular formula is C30H40O3. The highest BCUT2D eigenvalue weighted by atomic mass is 16.5. The summed E-state index contributed by atoms with van der Waals surface area (Å²) >= 11 is 0. The van der Waals surface area contributed by atoms with Crippen molar-refractivity contribution in [2.45, 2.75) is 79.1 Å². The zero-order valence-electron chi connectivity index (χ0n) is 21.6. The van der Waals surface area contributed by atoms with Crippen LogP contribution in [0, 0.1) is 0 Å². The molecule has 0 aromatic heterocycles. The summed E-state index contributed by atoms with van der Waals surface area (Å²) in [6, 6.07) is 12.9. The van der Waals surface area contributed by atoms with Crippen molar-refractivity contribution in [1.29, 1.82) is 0 Å². The maximum atomic E-state index is 10.9. The smallest absolute Gasteiger partial charge is 0.328 e. The summed E-state index contributed by atoms with van der Waals surface area (Å²) in [5, 5.41) is 8.95. The van der Waals surface area contributed by atoms with Crippen molar-refractivity contribution >= 4 is 12.0 Å². The Bertz CT molecular complexity index is 1030. The average Bonchev–Trinajstić information content (AvgIpc) is 2.70. The molecule has 0 fully saturated rings.